The molecular formula is C14H11NO5. The number of amides is 2. The van der Waals surface area contributed by atoms with Crippen molar-refractivity contribution in [2.75, 3.05) is 6.79 Å². The number of nitrogens with one attached hydrogen (secondary N) is 1. The van der Waals surface area contributed by atoms with Crippen LogP contribution < -0.4 is 14.8 Å². The van der Waals surface area contributed by atoms with Gasteiger partial charge in [0.05, 0.1) is 12.2 Å². The molecule has 0 aliphatic carbocycles. The summed E-state index contributed by atoms with van der Waals surface area (Å²) >= 11 is 0. The maximum Gasteiger partial charge on any atom is 0.234 e. The standard InChI is InChI=1S/C14H11NO5/c16-13-2-1-7(14(17)15-13)9-5-18-10-4-12-11(3-8(9)10)19-6-20-12/h3-5,7H,1-2,6H2,(H,15,16,17). The lowest BCUT2D eigenvalue weighted by Crippen LogP contribution is -2.39. The molecule has 4 rings (SSSR count). The molecule has 1 atom stereocenters. The Kier molecular flexibility index (Phi) is 2.26. The summed E-state index contributed by atoms with van der Waals surface area (Å²) in [5, 5.41) is 3.18. The zero-order valence-electron chi connectivity index (χ0n) is 10.5. The Balaban J connectivity index is 1.80. The molecule has 0 radical (unpaired) electrons. The predicted molar refractivity (Wildman–Crippen MR) is 67.5 cm³/mol. The van der Waals surface area contributed by atoms with Gasteiger partial charge in [0.15, 0.2) is 11.5 Å². The highest BCUT2D eigenvalue weighted by Crippen LogP contribution is 2.40. The van der Waals surface area contributed by atoms with Gasteiger partial charge in [-0.1, -0.05) is 0 Å². The molecule has 1 unspecified atom stereocenters. The van der Waals surface area contributed by atoms with Crippen molar-refractivity contribution in [2.24, 2.45) is 0 Å². The Morgan fingerprint density at radius 2 is 1.95 bits per heavy atom. The van der Waals surface area contributed by atoms with Gasteiger partial charge >= 0.3 is 0 Å². The van der Waals surface area contributed by atoms with Crippen molar-refractivity contribution >= 4 is 22.8 Å². The summed E-state index contributed by atoms with van der Waals surface area (Å²) in [7, 11) is 0. The van der Waals surface area contributed by atoms with Crippen molar-refractivity contribution in [1.29, 1.82) is 0 Å². The largest absolute Gasteiger partial charge is 0.464 e. The Hall–Kier alpha value is -2.50. The molecule has 20 heavy (non-hydrogen) atoms. The Bertz CT molecular complexity index is 732. The molecule has 6 nitrogen and oxygen atoms in total. The average Bonchev–Trinajstić information content (AvgIpc) is 3.02. The molecule has 3 heterocycles. The van der Waals surface area contributed by atoms with E-state index in [0.29, 0.717) is 29.9 Å². The highest BCUT2D eigenvalue weighted by Gasteiger charge is 2.31. The number of hydrogen-bond donors (Lipinski definition) is 1. The Labute approximate surface area is 113 Å². The molecule has 102 valence electrons. The van der Waals surface area contributed by atoms with Crippen molar-refractivity contribution in [3.63, 3.8) is 0 Å². The number of hydrogen-bond acceptors (Lipinski definition) is 5. The summed E-state index contributed by atoms with van der Waals surface area (Å²) in [6.07, 6.45) is 2.40. The van der Waals surface area contributed by atoms with Crippen LogP contribution in [0.1, 0.15) is 24.3 Å². The van der Waals surface area contributed by atoms with E-state index in [1.165, 1.54) is 0 Å². The second-order valence-corrected chi connectivity index (χ2v) is 4.90. The van der Waals surface area contributed by atoms with Crippen molar-refractivity contribution in [3.05, 3.63) is 24.0 Å². The summed E-state index contributed by atoms with van der Waals surface area (Å²) in [6, 6.07) is 3.58. The van der Waals surface area contributed by atoms with Gasteiger partial charge in [-0.05, 0) is 12.5 Å². The van der Waals surface area contributed by atoms with Crippen LogP contribution in [0.4, 0.5) is 0 Å². The fourth-order valence-electron chi connectivity index (χ4n) is 2.70. The number of carbonyl (C=O) groups excluding carboxylic acids is 2. The number of rotatable bonds is 1. The van der Waals surface area contributed by atoms with Crippen LogP contribution in [0.3, 0.4) is 0 Å². The maximum absolute atomic E-state index is 12.0. The van der Waals surface area contributed by atoms with Gasteiger partial charge in [0.2, 0.25) is 18.6 Å². The number of carbonyl (C=O) groups is 2. The Morgan fingerprint density at radius 1 is 1.15 bits per heavy atom. The normalized spacial score (nSPS) is 21.3. The first-order valence-electron chi connectivity index (χ1n) is 6.37. The third-order valence-electron chi connectivity index (χ3n) is 3.71. The molecule has 2 aliphatic heterocycles. The second-order valence-electron chi connectivity index (χ2n) is 4.90. The second kappa shape index (κ2) is 4.00. The molecule has 1 aromatic heterocycles. The first-order valence-corrected chi connectivity index (χ1v) is 6.37. The fourth-order valence-corrected chi connectivity index (χ4v) is 2.70. The summed E-state index contributed by atoms with van der Waals surface area (Å²) < 4.78 is 16.1. The molecule has 1 aromatic carbocycles. The molecule has 2 amide bonds. The van der Waals surface area contributed by atoms with Crippen LogP contribution in [-0.2, 0) is 9.59 Å². The molecule has 1 saturated heterocycles. The maximum atomic E-state index is 12.0. The topological polar surface area (TPSA) is 77.8 Å². The number of imide groups is 1. The van der Waals surface area contributed by atoms with Crippen LogP contribution in [0.15, 0.2) is 22.8 Å². The molecule has 0 saturated carbocycles. The van der Waals surface area contributed by atoms with Crippen LogP contribution in [0.25, 0.3) is 11.0 Å². The van der Waals surface area contributed by atoms with Gasteiger partial charge in [0, 0.05) is 23.4 Å². The lowest BCUT2D eigenvalue weighted by atomic mass is 9.90. The van der Waals surface area contributed by atoms with Gasteiger partial charge in [-0.3, -0.25) is 14.9 Å². The van der Waals surface area contributed by atoms with Gasteiger partial charge in [0.1, 0.15) is 5.58 Å². The van der Waals surface area contributed by atoms with E-state index in [1.54, 1.807) is 12.3 Å². The monoisotopic (exact) mass is 273 g/mol. The minimum absolute atomic E-state index is 0.190. The molecule has 0 bridgehead atoms. The zero-order chi connectivity index (χ0) is 13.7. The number of furan rings is 1. The average molecular weight is 273 g/mol. The third kappa shape index (κ3) is 1.57. The molecule has 2 aliphatic rings. The first-order chi connectivity index (χ1) is 9.72. The summed E-state index contributed by atoms with van der Waals surface area (Å²) in [5.74, 6) is 0.418. The number of fused-ring (bicyclic) bond motifs is 2. The molecule has 2 aromatic rings. The number of benzene rings is 1. The minimum Gasteiger partial charge on any atom is -0.464 e. The van der Waals surface area contributed by atoms with E-state index in [-0.39, 0.29) is 24.5 Å². The van der Waals surface area contributed by atoms with Gasteiger partial charge in [-0.15, -0.1) is 0 Å². The summed E-state index contributed by atoms with van der Waals surface area (Å²) in [4.78, 5) is 23.2. The third-order valence-corrected chi connectivity index (χ3v) is 3.71. The summed E-state index contributed by atoms with van der Waals surface area (Å²) in [5.41, 5.74) is 1.43. The van der Waals surface area contributed by atoms with Crippen LogP contribution in [0.5, 0.6) is 11.5 Å². The fraction of sp³-hybridized carbons (Fsp3) is 0.286. The van der Waals surface area contributed by atoms with Crippen LogP contribution in [-0.4, -0.2) is 18.6 Å². The van der Waals surface area contributed by atoms with Gasteiger partial charge in [0.25, 0.3) is 0 Å². The SMILES string of the molecule is O=C1CCC(c2coc3cc4c(cc23)OCO4)C(=O)N1. The van der Waals surface area contributed by atoms with E-state index in [2.05, 4.69) is 5.32 Å². The molecular weight excluding hydrogens is 262 g/mol. The smallest absolute Gasteiger partial charge is 0.234 e. The van der Waals surface area contributed by atoms with Gasteiger partial charge in [-0.2, -0.15) is 0 Å². The number of piperidine rings is 1. The molecule has 6 heteroatoms. The van der Waals surface area contributed by atoms with Gasteiger partial charge < -0.3 is 13.9 Å². The van der Waals surface area contributed by atoms with Gasteiger partial charge in [-0.25, -0.2) is 0 Å². The highest BCUT2D eigenvalue weighted by atomic mass is 16.7. The zero-order valence-corrected chi connectivity index (χ0v) is 10.5. The van der Waals surface area contributed by atoms with E-state index in [1.807, 2.05) is 6.07 Å². The Morgan fingerprint density at radius 3 is 2.75 bits per heavy atom. The quantitative estimate of drug-likeness (QED) is 0.800. The predicted octanol–water partition coefficient (Wildman–Crippen LogP) is 1.68. The van der Waals surface area contributed by atoms with Crippen LogP contribution >= 0.6 is 0 Å². The van der Waals surface area contributed by atoms with E-state index < -0.39 is 0 Å². The highest BCUT2D eigenvalue weighted by molar-refractivity contribution is 6.03. The molecule has 1 N–H and O–H groups in total. The van der Waals surface area contributed by atoms with Crippen LogP contribution in [0.2, 0.25) is 0 Å². The lowest BCUT2D eigenvalue weighted by Gasteiger charge is -2.19. The van der Waals surface area contributed by atoms with Crippen molar-refractivity contribution in [2.45, 2.75) is 18.8 Å². The minimum atomic E-state index is -0.366. The van der Waals surface area contributed by atoms with Crippen molar-refractivity contribution in [1.82, 2.24) is 5.32 Å². The van der Waals surface area contributed by atoms with Crippen molar-refractivity contribution in [3.8, 4) is 11.5 Å². The van der Waals surface area contributed by atoms with E-state index >= 15 is 0 Å². The summed E-state index contributed by atoms with van der Waals surface area (Å²) in [6.45, 7) is 0.190. The first kappa shape index (κ1) is 11.3. The van der Waals surface area contributed by atoms with Crippen molar-refractivity contribution < 1.29 is 23.5 Å². The number of ether oxygens (including phenoxy) is 2. The van der Waals surface area contributed by atoms with E-state index in [9.17, 15) is 9.59 Å². The lowest BCUT2D eigenvalue weighted by molar-refractivity contribution is -0.134. The van der Waals surface area contributed by atoms with E-state index in [4.69, 9.17) is 13.9 Å². The molecule has 1 fully saturated rings. The van der Waals surface area contributed by atoms with E-state index in [0.717, 1.165) is 10.9 Å². The molecule has 0 spiro atoms. The van der Waals surface area contributed by atoms with Crippen LogP contribution in [0, 0.1) is 0 Å².